The average molecular weight is 164 g/mol. The number of carbonyl (C=O) groups is 1. The summed E-state index contributed by atoms with van der Waals surface area (Å²) in [4.78, 5) is 17.0. The Labute approximate surface area is 70.0 Å². The number of imidazole rings is 1. The van der Waals surface area contributed by atoms with Crippen LogP contribution in [0.1, 0.15) is 12.7 Å². The van der Waals surface area contributed by atoms with Crippen LogP contribution in [0.2, 0.25) is 0 Å². The topological polar surface area (TPSA) is 55.0 Å². The molecular formula is C8H8N2O2. The van der Waals surface area contributed by atoms with Gasteiger partial charge in [0.15, 0.2) is 12.4 Å². The van der Waals surface area contributed by atoms with Gasteiger partial charge in [-0.15, -0.1) is 0 Å². The van der Waals surface area contributed by atoms with Crippen LogP contribution in [0.4, 0.5) is 0 Å². The molecule has 12 heavy (non-hydrogen) atoms. The molecule has 0 aliphatic carbocycles. The number of nitrogens with zero attached hydrogens (tertiary/aromatic N) is 1. The van der Waals surface area contributed by atoms with E-state index in [2.05, 4.69) is 26.5 Å². The second-order valence-corrected chi connectivity index (χ2v) is 2.02. The molecule has 0 saturated heterocycles. The van der Waals surface area contributed by atoms with Crippen LogP contribution in [-0.2, 0) is 9.53 Å². The first-order valence-corrected chi connectivity index (χ1v) is 3.40. The normalized spacial score (nSPS) is 8.42. The Morgan fingerprint density at radius 3 is 3.25 bits per heavy atom. The average Bonchev–Trinajstić information content (AvgIpc) is 2.49. The van der Waals surface area contributed by atoms with Crippen LogP contribution in [0.5, 0.6) is 0 Å². The first-order chi connectivity index (χ1) is 5.79. The van der Waals surface area contributed by atoms with Gasteiger partial charge in [-0.2, -0.15) is 0 Å². The molecule has 0 radical (unpaired) electrons. The molecule has 1 aromatic heterocycles. The van der Waals surface area contributed by atoms with E-state index in [1.807, 2.05) is 0 Å². The van der Waals surface area contributed by atoms with Crippen LogP contribution in [0.15, 0.2) is 12.4 Å². The lowest BCUT2D eigenvalue weighted by Gasteiger charge is -1.90. The molecular weight excluding hydrogens is 156 g/mol. The number of H-pyrrole nitrogens is 1. The fourth-order valence-electron chi connectivity index (χ4n) is 0.591. The van der Waals surface area contributed by atoms with Gasteiger partial charge in [0.05, 0.1) is 0 Å². The minimum atomic E-state index is -0.330. The van der Waals surface area contributed by atoms with Gasteiger partial charge in [-0.3, -0.25) is 4.79 Å². The monoisotopic (exact) mass is 164 g/mol. The molecule has 0 atom stereocenters. The summed E-state index contributed by atoms with van der Waals surface area (Å²) in [5.41, 5.74) is 0. The highest BCUT2D eigenvalue weighted by molar-refractivity contribution is 5.66. The molecule has 1 N–H and O–H groups in total. The summed E-state index contributed by atoms with van der Waals surface area (Å²) in [6.07, 6.45) is 3.28. The Hall–Kier alpha value is -1.76. The van der Waals surface area contributed by atoms with Gasteiger partial charge >= 0.3 is 5.97 Å². The minimum Gasteiger partial charge on any atom is -0.453 e. The Morgan fingerprint density at radius 1 is 1.83 bits per heavy atom. The van der Waals surface area contributed by atoms with E-state index in [0.29, 0.717) is 5.82 Å². The number of carbonyl (C=O) groups excluding carboxylic acids is 1. The van der Waals surface area contributed by atoms with Gasteiger partial charge in [0.25, 0.3) is 0 Å². The third kappa shape index (κ3) is 2.88. The highest BCUT2D eigenvalue weighted by Crippen LogP contribution is 1.82. The van der Waals surface area contributed by atoms with E-state index in [1.54, 1.807) is 12.4 Å². The molecule has 4 heteroatoms. The summed E-state index contributed by atoms with van der Waals surface area (Å²) in [6.45, 7) is 1.45. The number of hydrogen-bond donors (Lipinski definition) is 1. The molecule has 1 aromatic rings. The quantitative estimate of drug-likeness (QED) is 0.480. The van der Waals surface area contributed by atoms with Gasteiger partial charge in [-0.25, -0.2) is 4.98 Å². The molecule has 0 spiro atoms. The zero-order valence-corrected chi connectivity index (χ0v) is 6.63. The zero-order chi connectivity index (χ0) is 8.81. The van der Waals surface area contributed by atoms with Crippen molar-refractivity contribution in [2.24, 2.45) is 0 Å². The molecule has 0 saturated carbocycles. The maximum absolute atomic E-state index is 10.3. The molecule has 1 heterocycles. The molecule has 0 aromatic carbocycles. The van der Waals surface area contributed by atoms with Crippen molar-refractivity contribution in [3.8, 4) is 11.8 Å². The predicted octanol–water partition coefficient (Wildman–Crippen LogP) is 0.324. The first-order valence-electron chi connectivity index (χ1n) is 3.40. The Morgan fingerprint density at radius 2 is 2.67 bits per heavy atom. The smallest absolute Gasteiger partial charge is 0.303 e. The highest BCUT2D eigenvalue weighted by Gasteiger charge is 1.87. The third-order valence-electron chi connectivity index (χ3n) is 1.05. The largest absolute Gasteiger partial charge is 0.453 e. The second kappa shape index (κ2) is 4.19. The van der Waals surface area contributed by atoms with Gasteiger partial charge in [0.2, 0.25) is 0 Å². The molecule has 62 valence electrons. The van der Waals surface area contributed by atoms with Crippen molar-refractivity contribution in [2.45, 2.75) is 6.92 Å². The standard InChI is InChI=1S/C8H8N2O2/c1-7(11)12-6-2-3-8-9-4-5-10-8/h4-5H,6H2,1H3,(H,9,10). The van der Waals surface area contributed by atoms with Crippen molar-refractivity contribution in [2.75, 3.05) is 6.61 Å². The van der Waals surface area contributed by atoms with E-state index in [0.717, 1.165) is 0 Å². The summed E-state index contributed by atoms with van der Waals surface area (Å²) in [5.74, 6) is 5.56. The van der Waals surface area contributed by atoms with Crippen LogP contribution >= 0.6 is 0 Å². The van der Waals surface area contributed by atoms with Gasteiger partial charge < -0.3 is 9.72 Å². The molecule has 0 bridgehead atoms. The van der Waals surface area contributed by atoms with E-state index in [-0.39, 0.29) is 12.6 Å². The van der Waals surface area contributed by atoms with E-state index in [4.69, 9.17) is 0 Å². The lowest BCUT2D eigenvalue weighted by atomic mass is 10.5. The minimum absolute atomic E-state index is 0.107. The van der Waals surface area contributed by atoms with Gasteiger partial charge in [0, 0.05) is 19.3 Å². The van der Waals surface area contributed by atoms with Gasteiger partial charge in [-0.1, -0.05) is 5.92 Å². The van der Waals surface area contributed by atoms with Crippen LogP contribution in [-0.4, -0.2) is 22.5 Å². The lowest BCUT2D eigenvalue weighted by Crippen LogP contribution is -1.97. The molecule has 0 fully saturated rings. The third-order valence-corrected chi connectivity index (χ3v) is 1.05. The fourth-order valence-corrected chi connectivity index (χ4v) is 0.591. The van der Waals surface area contributed by atoms with Crippen molar-refractivity contribution in [1.82, 2.24) is 9.97 Å². The van der Waals surface area contributed by atoms with Crippen LogP contribution in [0, 0.1) is 11.8 Å². The molecule has 0 unspecified atom stereocenters. The van der Waals surface area contributed by atoms with Crippen molar-refractivity contribution in [3.63, 3.8) is 0 Å². The summed E-state index contributed by atoms with van der Waals surface area (Å²) in [5, 5.41) is 0. The number of aromatic amines is 1. The summed E-state index contributed by atoms with van der Waals surface area (Å²) in [7, 11) is 0. The zero-order valence-electron chi connectivity index (χ0n) is 6.63. The number of ether oxygens (including phenoxy) is 1. The summed E-state index contributed by atoms with van der Waals surface area (Å²) >= 11 is 0. The number of aromatic nitrogens is 2. The second-order valence-electron chi connectivity index (χ2n) is 2.02. The maximum atomic E-state index is 10.3. The number of esters is 1. The van der Waals surface area contributed by atoms with Crippen LogP contribution in [0.25, 0.3) is 0 Å². The maximum Gasteiger partial charge on any atom is 0.303 e. The highest BCUT2D eigenvalue weighted by atomic mass is 16.5. The van der Waals surface area contributed by atoms with Crippen molar-refractivity contribution in [3.05, 3.63) is 18.2 Å². The van der Waals surface area contributed by atoms with E-state index in [9.17, 15) is 4.79 Å². The van der Waals surface area contributed by atoms with Gasteiger partial charge in [0.1, 0.15) is 0 Å². The van der Waals surface area contributed by atoms with Crippen LogP contribution < -0.4 is 0 Å². The Kier molecular flexibility index (Phi) is 2.91. The Balaban J connectivity index is 2.35. The van der Waals surface area contributed by atoms with E-state index in [1.165, 1.54) is 6.92 Å². The molecule has 0 aliphatic rings. The summed E-state index contributed by atoms with van der Waals surface area (Å²) in [6, 6.07) is 0. The number of nitrogens with one attached hydrogen (secondary N) is 1. The molecule has 0 amide bonds. The van der Waals surface area contributed by atoms with Crippen molar-refractivity contribution >= 4 is 5.97 Å². The predicted molar refractivity (Wildman–Crippen MR) is 42.1 cm³/mol. The fraction of sp³-hybridized carbons (Fsp3) is 0.250. The lowest BCUT2D eigenvalue weighted by molar-refractivity contribution is -0.139. The summed E-state index contributed by atoms with van der Waals surface area (Å²) < 4.78 is 4.59. The van der Waals surface area contributed by atoms with E-state index < -0.39 is 0 Å². The Bertz CT molecular complexity index is 306. The van der Waals surface area contributed by atoms with Crippen molar-refractivity contribution in [1.29, 1.82) is 0 Å². The number of hydrogen-bond acceptors (Lipinski definition) is 3. The molecule has 0 aliphatic heterocycles. The first kappa shape index (κ1) is 8.34. The number of rotatable bonds is 1. The van der Waals surface area contributed by atoms with Crippen molar-refractivity contribution < 1.29 is 9.53 Å². The SMILES string of the molecule is CC(=O)OCC#Cc1ncc[nH]1. The molecule has 1 rings (SSSR count). The molecule has 4 nitrogen and oxygen atoms in total. The van der Waals surface area contributed by atoms with Crippen LogP contribution in [0.3, 0.4) is 0 Å². The van der Waals surface area contributed by atoms with Gasteiger partial charge in [-0.05, 0) is 5.92 Å². The van der Waals surface area contributed by atoms with E-state index >= 15 is 0 Å².